The Morgan fingerprint density at radius 1 is 1.26 bits per heavy atom. The Labute approximate surface area is 190 Å². The van der Waals surface area contributed by atoms with Gasteiger partial charge in [0.1, 0.15) is 6.54 Å². The van der Waals surface area contributed by atoms with Crippen LogP contribution in [0.15, 0.2) is 24.4 Å². The Morgan fingerprint density at radius 3 is 2.87 bits per heavy atom. The Balaban J connectivity index is 1.14. The van der Waals surface area contributed by atoms with Crippen LogP contribution in [0.1, 0.15) is 36.6 Å². The van der Waals surface area contributed by atoms with Crippen molar-refractivity contribution in [2.75, 3.05) is 44.2 Å². The van der Waals surface area contributed by atoms with Crippen molar-refractivity contribution in [3.63, 3.8) is 0 Å². The van der Waals surface area contributed by atoms with E-state index < -0.39 is 0 Å². The van der Waals surface area contributed by atoms with Gasteiger partial charge in [0.15, 0.2) is 0 Å². The summed E-state index contributed by atoms with van der Waals surface area (Å²) >= 11 is 6.18. The van der Waals surface area contributed by atoms with Gasteiger partial charge < -0.3 is 10.2 Å². The minimum absolute atomic E-state index is 0.0501. The number of hydrogen-bond donors (Lipinski definition) is 1. The van der Waals surface area contributed by atoms with E-state index in [2.05, 4.69) is 52.4 Å². The van der Waals surface area contributed by atoms with Crippen LogP contribution in [-0.4, -0.2) is 59.9 Å². The predicted octanol–water partition coefficient (Wildman–Crippen LogP) is 3.30. The number of nitrogens with zero attached hydrogens (tertiary/aromatic N) is 4. The van der Waals surface area contributed by atoms with E-state index in [4.69, 9.17) is 11.6 Å². The number of carbonyl (C=O) groups excluding carboxylic acids is 1. The molecule has 2 aliphatic rings. The molecule has 1 saturated heterocycles. The van der Waals surface area contributed by atoms with Crippen LogP contribution in [-0.2, 0) is 24.2 Å². The van der Waals surface area contributed by atoms with E-state index in [1.165, 1.54) is 28.9 Å². The van der Waals surface area contributed by atoms with Gasteiger partial charge in [-0.1, -0.05) is 24.6 Å². The third kappa shape index (κ3) is 5.80. The number of anilines is 1. The number of halogens is 1. The van der Waals surface area contributed by atoms with Gasteiger partial charge in [0, 0.05) is 49.6 Å². The summed E-state index contributed by atoms with van der Waals surface area (Å²) in [6, 6.07) is 6.11. The molecule has 0 unspecified atom stereocenters. The second kappa shape index (κ2) is 10.0. The first-order valence-corrected chi connectivity index (χ1v) is 11.9. The summed E-state index contributed by atoms with van der Waals surface area (Å²) in [5, 5.41) is 8.46. The van der Waals surface area contributed by atoms with Crippen LogP contribution in [0.2, 0.25) is 5.02 Å². The lowest BCUT2D eigenvalue weighted by atomic mass is 9.89. The second-order valence-electron chi connectivity index (χ2n) is 9.11. The first kappa shape index (κ1) is 22.2. The van der Waals surface area contributed by atoms with Crippen molar-refractivity contribution in [1.82, 2.24) is 20.0 Å². The summed E-state index contributed by atoms with van der Waals surface area (Å²) in [6.07, 6.45) is 6.35. The van der Waals surface area contributed by atoms with Crippen molar-refractivity contribution >= 4 is 23.2 Å². The van der Waals surface area contributed by atoms with Gasteiger partial charge in [0.2, 0.25) is 5.91 Å². The average molecular weight is 444 g/mol. The Morgan fingerprint density at radius 2 is 2.06 bits per heavy atom. The molecule has 6 nitrogen and oxygen atoms in total. The van der Waals surface area contributed by atoms with E-state index in [1.54, 1.807) is 0 Å². The maximum absolute atomic E-state index is 12.3. The molecule has 1 fully saturated rings. The standard InChI is InChI=1S/C24H34ClN5O/c1-18-4-7-22-20(14-18)16-30(27-22)17-24(31)26-8-3-9-28-10-12-29(13-11-28)23-15-21(25)6-5-19(23)2/h5-6,15-16,18H,3-4,7-14,17H2,1-2H3,(H,26,31)/t18-/m1/s1. The van der Waals surface area contributed by atoms with Crippen molar-refractivity contribution in [3.05, 3.63) is 46.2 Å². The van der Waals surface area contributed by atoms with E-state index >= 15 is 0 Å². The number of piperazine rings is 1. The second-order valence-corrected chi connectivity index (χ2v) is 9.55. The normalized spacial score (nSPS) is 19.3. The first-order valence-electron chi connectivity index (χ1n) is 11.5. The van der Waals surface area contributed by atoms with E-state index in [0.717, 1.165) is 62.9 Å². The van der Waals surface area contributed by atoms with E-state index in [0.29, 0.717) is 13.1 Å². The molecule has 1 aromatic carbocycles. The summed E-state index contributed by atoms with van der Waals surface area (Å²) in [7, 11) is 0. The van der Waals surface area contributed by atoms with Crippen molar-refractivity contribution < 1.29 is 4.79 Å². The fraction of sp³-hybridized carbons (Fsp3) is 0.583. The van der Waals surface area contributed by atoms with Gasteiger partial charge in [-0.3, -0.25) is 14.4 Å². The van der Waals surface area contributed by atoms with Gasteiger partial charge in [0.05, 0.1) is 5.69 Å². The van der Waals surface area contributed by atoms with Gasteiger partial charge in [-0.15, -0.1) is 0 Å². The molecule has 2 aromatic rings. The molecule has 1 N–H and O–H groups in total. The van der Waals surface area contributed by atoms with Crippen LogP contribution in [0.25, 0.3) is 0 Å². The lowest BCUT2D eigenvalue weighted by molar-refractivity contribution is -0.121. The first-order chi connectivity index (χ1) is 15.0. The number of fused-ring (bicyclic) bond motifs is 1. The number of rotatable bonds is 7. The highest BCUT2D eigenvalue weighted by Crippen LogP contribution is 2.25. The topological polar surface area (TPSA) is 53.4 Å². The van der Waals surface area contributed by atoms with Crippen LogP contribution in [0.3, 0.4) is 0 Å². The summed E-state index contributed by atoms with van der Waals surface area (Å²) < 4.78 is 1.81. The molecule has 1 amide bonds. The van der Waals surface area contributed by atoms with Crippen LogP contribution < -0.4 is 10.2 Å². The summed E-state index contributed by atoms with van der Waals surface area (Å²) in [4.78, 5) is 17.2. The number of carbonyl (C=O) groups is 1. The predicted molar refractivity (Wildman–Crippen MR) is 126 cm³/mol. The lowest BCUT2D eigenvalue weighted by Crippen LogP contribution is -2.47. The molecule has 7 heteroatoms. The highest BCUT2D eigenvalue weighted by Gasteiger charge is 2.20. The highest BCUT2D eigenvalue weighted by molar-refractivity contribution is 6.30. The third-order valence-corrected chi connectivity index (χ3v) is 6.77. The van der Waals surface area contributed by atoms with Crippen LogP contribution >= 0.6 is 11.6 Å². The molecule has 0 spiro atoms. The Bertz CT molecular complexity index is 903. The van der Waals surface area contributed by atoms with Gasteiger partial charge >= 0.3 is 0 Å². The maximum atomic E-state index is 12.3. The molecule has 4 rings (SSSR count). The zero-order chi connectivity index (χ0) is 21.8. The third-order valence-electron chi connectivity index (χ3n) is 6.53. The van der Waals surface area contributed by atoms with Crippen LogP contribution in [0.4, 0.5) is 5.69 Å². The smallest absolute Gasteiger partial charge is 0.241 e. The molecule has 1 aliphatic carbocycles. The molecule has 1 aliphatic heterocycles. The van der Waals surface area contributed by atoms with Gasteiger partial charge in [-0.25, -0.2) is 0 Å². The van der Waals surface area contributed by atoms with E-state index in [-0.39, 0.29) is 5.91 Å². The van der Waals surface area contributed by atoms with Crippen LogP contribution in [0, 0.1) is 12.8 Å². The molecule has 0 saturated carbocycles. The monoisotopic (exact) mass is 443 g/mol. The number of aryl methyl sites for hydroxylation is 2. The molecule has 1 aromatic heterocycles. The number of aromatic nitrogens is 2. The quantitative estimate of drug-likeness (QED) is 0.667. The fourth-order valence-corrected chi connectivity index (χ4v) is 4.86. The van der Waals surface area contributed by atoms with E-state index in [9.17, 15) is 4.79 Å². The summed E-state index contributed by atoms with van der Waals surface area (Å²) in [5.74, 6) is 0.768. The number of nitrogens with one attached hydrogen (secondary N) is 1. The molecule has 0 bridgehead atoms. The van der Waals surface area contributed by atoms with Gasteiger partial charge in [0.25, 0.3) is 0 Å². The largest absolute Gasteiger partial charge is 0.369 e. The fourth-order valence-electron chi connectivity index (χ4n) is 4.69. The summed E-state index contributed by atoms with van der Waals surface area (Å²) in [6.45, 7) is 10.6. The van der Waals surface area contributed by atoms with Crippen molar-refractivity contribution in [2.24, 2.45) is 5.92 Å². The van der Waals surface area contributed by atoms with Gasteiger partial charge in [-0.05, 0) is 68.3 Å². The molecule has 1 atom stereocenters. The Hall–Kier alpha value is -2.05. The zero-order valence-electron chi connectivity index (χ0n) is 18.7. The minimum Gasteiger partial charge on any atom is -0.369 e. The minimum atomic E-state index is 0.0501. The maximum Gasteiger partial charge on any atom is 0.241 e. The van der Waals surface area contributed by atoms with Crippen LogP contribution in [0.5, 0.6) is 0 Å². The molecular formula is C24H34ClN5O. The van der Waals surface area contributed by atoms with Crippen molar-refractivity contribution in [1.29, 1.82) is 0 Å². The highest BCUT2D eigenvalue weighted by atomic mass is 35.5. The number of amides is 1. The lowest BCUT2D eigenvalue weighted by Gasteiger charge is -2.37. The molecule has 31 heavy (non-hydrogen) atoms. The average Bonchev–Trinajstić information content (AvgIpc) is 3.14. The molecule has 0 radical (unpaired) electrons. The molecular weight excluding hydrogens is 410 g/mol. The van der Waals surface area contributed by atoms with Crippen molar-refractivity contribution in [2.45, 2.75) is 46.1 Å². The van der Waals surface area contributed by atoms with E-state index in [1.807, 2.05) is 10.7 Å². The molecule has 2 heterocycles. The number of benzene rings is 1. The van der Waals surface area contributed by atoms with Crippen molar-refractivity contribution in [3.8, 4) is 0 Å². The van der Waals surface area contributed by atoms with Gasteiger partial charge in [-0.2, -0.15) is 5.10 Å². The zero-order valence-corrected chi connectivity index (χ0v) is 19.5. The number of hydrogen-bond acceptors (Lipinski definition) is 4. The Kier molecular flexibility index (Phi) is 7.18. The SMILES string of the molecule is Cc1ccc(Cl)cc1N1CCN(CCCNC(=O)Cn2cc3c(n2)CC[C@@H](C)C3)CC1. The molecule has 168 valence electrons. The summed E-state index contributed by atoms with van der Waals surface area (Å²) in [5.41, 5.74) is 5.01.